The fourth-order valence-corrected chi connectivity index (χ4v) is 3.51. The molecule has 0 aromatic heterocycles. The van der Waals surface area contributed by atoms with Gasteiger partial charge in [-0.15, -0.1) is 0 Å². The van der Waals surface area contributed by atoms with Gasteiger partial charge in [0.15, 0.2) is 0 Å². The summed E-state index contributed by atoms with van der Waals surface area (Å²) in [4.78, 5) is 84.2. The lowest BCUT2D eigenvalue weighted by atomic mass is 10.00. The molecule has 0 radical (unpaired) electrons. The number of phenols is 1. The number of nitrogens with two attached hydrogens (primary N) is 1. The summed E-state index contributed by atoms with van der Waals surface area (Å²) >= 11 is 0. The Morgan fingerprint density at radius 1 is 0.756 bits per heavy atom. The molecule has 0 saturated heterocycles. The Bertz CT molecular complexity index is 1120. The highest BCUT2D eigenvalue weighted by atomic mass is 16.4. The molecule has 0 fully saturated rings. The molecule has 0 heterocycles. The Balaban J connectivity index is 3.24. The molecule has 1 rings (SSSR count). The van der Waals surface area contributed by atoms with Gasteiger partial charge in [-0.1, -0.05) is 26.0 Å². The highest BCUT2D eigenvalue weighted by Gasteiger charge is 2.32. The van der Waals surface area contributed by atoms with Crippen LogP contribution in [0.5, 0.6) is 5.75 Å². The highest BCUT2D eigenvalue weighted by molar-refractivity contribution is 5.96. The highest BCUT2D eigenvalue weighted by Crippen LogP contribution is 2.13. The zero-order valence-electron chi connectivity index (χ0n) is 22.5. The third kappa shape index (κ3) is 12.8. The fourth-order valence-electron chi connectivity index (χ4n) is 3.51. The summed E-state index contributed by atoms with van der Waals surface area (Å²) in [7, 11) is 0. The molecule has 4 amide bonds. The van der Waals surface area contributed by atoms with Gasteiger partial charge < -0.3 is 47.4 Å². The number of phenolic OH excluding ortho intramolecular Hbond substituents is 1. The van der Waals surface area contributed by atoms with Gasteiger partial charge >= 0.3 is 17.9 Å². The van der Waals surface area contributed by atoms with Crippen molar-refractivity contribution in [3.63, 3.8) is 0 Å². The van der Waals surface area contributed by atoms with Crippen LogP contribution in [0.3, 0.4) is 0 Å². The molecule has 16 heteroatoms. The Labute approximate surface area is 234 Å². The lowest BCUT2D eigenvalue weighted by Crippen LogP contribution is -2.59. The van der Waals surface area contributed by atoms with Crippen molar-refractivity contribution in [2.24, 2.45) is 11.7 Å². The molecule has 4 atom stereocenters. The summed E-state index contributed by atoms with van der Waals surface area (Å²) in [6, 6.07) is -0.0427. The number of carbonyl (C=O) groups is 7. The summed E-state index contributed by atoms with van der Waals surface area (Å²) in [5.74, 6) is -8.22. The van der Waals surface area contributed by atoms with Crippen molar-refractivity contribution in [3.8, 4) is 5.75 Å². The van der Waals surface area contributed by atoms with Crippen LogP contribution in [0.4, 0.5) is 0 Å². The minimum Gasteiger partial charge on any atom is -0.508 e. The fraction of sp³-hybridized carbons (Fsp3) is 0.480. The first-order valence-corrected chi connectivity index (χ1v) is 12.5. The third-order valence-corrected chi connectivity index (χ3v) is 5.68. The minimum absolute atomic E-state index is 0.0668. The molecule has 10 N–H and O–H groups in total. The van der Waals surface area contributed by atoms with E-state index in [0.29, 0.717) is 5.56 Å². The van der Waals surface area contributed by atoms with Crippen LogP contribution in [0.2, 0.25) is 0 Å². The molecule has 0 bridgehead atoms. The van der Waals surface area contributed by atoms with E-state index in [1.165, 1.54) is 24.3 Å². The van der Waals surface area contributed by atoms with E-state index in [2.05, 4.69) is 21.3 Å². The summed E-state index contributed by atoms with van der Waals surface area (Å²) < 4.78 is 0. The summed E-state index contributed by atoms with van der Waals surface area (Å²) in [5.41, 5.74) is 6.01. The van der Waals surface area contributed by atoms with Crippen LogP contribution in [0, 0.1) is 5.92 Å². The van der Waals surface area contributed by atoms with Crippen LogP contribution < -0.4 is 27.0 Å². The Kier molecular flexibility index (Phi) is 13.7. The molecular weight excluding hydrogens is 546 g/mol. The molecule has 16 nitrogen and oxygen atoms in total. The van der Waals surface area contributed by atoms with Gasteiger partial charge in [0.05, 0.1) is 12.5 Å². The number of amides is 4. The predicted octanol–water partition coefficient (Wildman–Crippen LogP) is -2.09. The van der Waals surface area contributed by atoms with Crippen molar-refractivity contribution in [1.82, 2.24) is 21.3 Å². The zero-order valence-corrected chi connectivity index (χ0v) is 22.5. The van der Waals surface area contributed by atoms with E-state index in [9.17, 15) is 38.7 Å². The van der Waals surface area contributed by atoms with Crippen molar-refractivity contribution in [3.05, 3.63) is 29.8 Å². The molecule has 0 aliphatic carbocycles. The third-order valence-electron chi connectivity index (χ3n) is 5.68. The lowest BCUT2D eigenvalue weighted by Gasteiger charge is -2.27. The van der Waals surface area contributed by atoms with Crippen LogP contribution in [0.25, 0.3) is 0 Å². The quantitative estimate of drug-likeness (QED) is 0.0958. The number of aromatic hydroxyl groups is 1. The monoisotopic (exact) mass is 581 g/mol. The first-order chi connectivity index (χ1) is 19.1. The molecule has 1 aromatic carbocycles. The van der Waals surface area contributed by atoms with Crippen molar-refractivity contribution >= 4 is 41.5 Å². The van der Waals surface area contributed by atoms with Crippen molar-refractivity contribution in [2.75, 3.05) is 6.54 Å². The van der Waals surface area contributed by atoms with Crippen LogP contribution in [-0.4, -0.2) is 92.7 Å². The van der Waals surface area contributed by atoms with Gasteiger partial charge in [-0.3, -0.25) is 33.6 Å². The smallest absolute Gasteiger partial charge is 0.322 e. The van der Waals surface area contributed by atoms with Crippen LogP contribution >= 0.6 is 0 Å². The standard InChI is InChI=1S/C25H35N5O11/c1-12(2)21(25(41)27-11-20(36)37)30-24(40)17(9-13-3-5-14(31)6-4-13)29-23(39)16(7-8-18(32)33)28-22(38)15(26)10-19(34)35/h3-6,12,15-17,21,31H,7-11,26H2,1-2H3,(H,27,41)(H,28,38)(H,29,39)(H,30,40)(H,32,33)(H,34,35)(H,36,37)/t15-,16-,17-,21-/m0/s1. The van der Waals surface area contributed by atoms with Gasteiger partial charge in [0, 0.05) is 12.8 Å². The van der Waals surface area contributed by atoms with Crippen LogP contribution in [-0.2, 0) is 40.0 Å². The average molecular weight is 582 g/mol. The average Bonchev–Trinajstić information content (AvgIpc) is 2.87. The van der Waals surface area contributed by atoms with Gasteiger partial charge in [-0.2, -0.15) is 0 Å². The molecule has 0 saturated carbocycles. The maximum absolute atomic E-state index is 13.3. The van der Waals surface area contributed by atoms with Gasteiger partial charge in [-0.25, -0.2) is 0 Å². The van der Waals surface area contributed by atoms with Gasteiger partial charge in [0.25, 0.3) is 0 Å². The largest absolute Gasteiger partial charge is 0.508 e. The van der Waals surface area contributed by atoms with E-state index in [-0.39, 0.29) is 12.2 Å². The second-order valence-corrected chi connectivity index (χ2v) is 9.47. The molecule has 1 aromatic rings. The molecule has 0 unspecified atom stereocenters. The van der Waals surface area contributed by atoms with Crippen LogP contribution in [0.15, 0.2) is 24.3 Å². The maximum Gasteiger partial charge on any atom is 0.322 e. The molecular formula is C25H35N5O11. The topological polar surface area (TPSA) is 275 Å². The second kappa shape index (κ2) is 16.4. The van der Waals surface area contributed by atoms with E-state index < -0.39 is 97.4 Å². The number of carboxylic acids is 3. The number of hydrogen-bond donors (Lipinski definition) is 9. The van der Waals surface area contributed by atoms with E-state index in [1.807, 2.05) is 0 Å². The summed E-state index contributed by atoms with van der Waals surface area (Å²) in [5, 5.41) is 45.6. The molecule has 0 aliphatic rings. The predicted molar refractivity (Wildman–Crippen MR) is 140 cm³/mol. The molecule has 0 spiro atoms. The van der Waals surface area contributed by atoms with Gasteiger partial charge in [0.2, 0.25) is 23.6 Å². The Morgan fingerprint density at radius 3 is 1.83 bits per heavy atom. The van der Waals surface area contributed by atoms with Crippen LogP contribution in [0.1, 0.15) is 38.7 Å². The number of aliphatic carboxylic acids is 3. The first kappa shape index (κ1) is 34.3. The normalized spacial score (nSPS) is 13.7. The minimum atomic E-state index is -1.54. The summed E-state index contributed by atoms with van der Waals surface area (Å²) in [6.07, 6.45) is -1.92. The number of hydrogen-bond acceptors (Lipinski definition) is 9. The maximum atomic E-state index is 13.3. The van der Waals surface area contributed by atoms with Crippen molar-refractivity contribution in [2.45, 2.75) is 63.7 Å². The first-order valence-electron chi connectivity index (χ1n) is 12.5. The molecule has 226 valence electrons. The Hall–Kier alpha value is -4.73. The van der Waals surface area contributed by atoms with E-state index in [0.717, 1.165) is 0 Å². The van der Waals surface area contributed by atoms with E-state index >= 15 is 0 Å². The number of benzene rings is 1. The lowest BCUT2D eigenvalue weighted by molar-refractivity contribution is -0.140. The summed E-state index contributed by atoms with van der Waals surface area (Å²) in [6.45, 7) is 2.49. The SMILES string of the molecule is CC(C)[C@H](NC(=O)[C@H](Cc1ccc(O)cc1)NC(=O)[C@H](CCC(=O)O)NC(=O)[C@@H](N)CC(=O)O)C(=O)NCC(=O)O. The van der Waals surface area contributed by atoms with E-state index in [4.69, 9.17) is 21.1 Å². The number of carboxylic acid groups (broad SMARTS) is 3. The Morgan fingerprint density at radius 2 is 1.32 bits per heavy atom. The van der Waals surface area contributed by atoms with Gasteiger partial charge in [0.1, 0.15) is 30.4 Å². The molecule has 0 aliphatic heterocycles. The van der Waals surface area contributed by atoms with E-state index in [1.54, 1.807) is 13.8 Å². The van der Waals surface area contributed by atoms with Crippen molar-refractivity contribution in [1.29, 1.82) is 0 Å². The van der Waals surface area contributed by atoms with Gasteiger partial charge in [-0.05, 0) is 30.0 Å². The number of carbonyl (C=O) groups excluding carboxylic acids is 4. The second-order valence-electron chi connectivity index (χ2n) is 9.47. The molecule has 41 heavy (non-hydrogen) atoms. The zero-order chi connectivity index (χ0) is 31.3. The number of rotatable bonds is 17. The number of nitrogens with one attached hydrogen (secondary N) is 4. The van der Waals surface area contributed by atoms with Crippen molar-refractivity contribution < 1.29 is 54.0 Å².